The van der Waals surface area contributed by atoms with Crippen LogP contribution in [0.5, 0.6) is 0 Å². The zero-order chi connectivity index (χ0) is 7.56. The zero-order valence-electron chi connectivity index (χ0n) is 6.34. The lowest BCUT2D eigenvalue weighted by Gasteiger charge is -2.13. The van der Waals surface area contributed by atoms with Crippen LogP contribution in [0.4, 0.5) is 0 Å². The molecule has 0 amide bonds. The highest BCUT2D eigenvalue weighted by Crippen LogP contribution is 2.28. The summed E-state index contributed by atoms with van der Waals surface area (Å²) in [5, 5.41) is 8.77. The maximum absolute atomic E-state index is 10.8. The van der Waals surface area contributed by atoms with Gasteiger partial charge in [-0.3, -0.25) is 4.79 Å². The summed E-state index contributed by atoms with van der Waals surface area (Å²) in [5.41, 5.74) is 0. The van der Waals surface area contributed by atoms with Crippen molar-refractivity contribution in [3.8, 4) is 0 Å². The molecule has 58 valence electrons. The fourth-order valence-corrected chi connectivity index (χ4v) is 1.48. The van der Waals surface area contributed by atoms with Crippen LogP contribution in [0.25, 0.3) is 0 Å². The first-order valence-electron chi connectivity index (χ1n) is 3.86. The molecule has 0 aromatic heterocycles. The predicted molar refractivity (Wildman–Crippen MR) is 38.6 cm³/mol. The van der Waals surface area contributed by atoms with E-state index >= 15 is 0 Å². The van der Waals surface area contributed by atoms with E-state index in [0.29, 0.717) is 24.0 Å². The number of aliphatic hydroxyl groups is 1. The topological polar surface area (TPSA) is 37.3 Å². The molecule has 2 atom stereocenters. The lowest BCUT2D eigenvalue weighted by atomic mass is 9.94. The molecule has 0 unspecified atom stereocenters. The summed E-state index contributed by atoms with van der Waals surface area (Å²) in [6.45, 7) is 2.22. The lowest BCUT2D eigenvalue weighted by Crippen LogP contribution is -2.12. The fourth-order valence-electron chi connectivity index (χ4n) is 1.48. The van der Waals surface area contributed by atoms with Crippen molar-refractivity contribution < 1.29 is 9.90 Å². The second kappa shape index (κ2) is 3.15. The highest BCUT2D eigenvalue weighted by molar-refractivity contribution is 5.80. The van der Waals surface area contributed by atoms with Crippen molar-refractivity contribution in [3.63, 3.8) is 0 Å². The first-order chi connectivity index (χ1) is 4.74. The third-order valence-corrected chi connectivity index (χ3v) is 2.38. The minimum absolute atomic E-state index is 0.220. The van der Waals surface area contributed by atoms with E-state index in [-0.39, 0.29) is 6.61 Å². The highest BCUT2D eigenvalue weighted by Gasteiger charge is 2.25. The standard InChI is InChI=1S/C8H14O2/c1-6(5-9)7-2-3-8(10)4-7/h6-7,9H,2-5H2,1H3/t6-,7+/m0/s1. The van der Waals surface area contributed by atoms with Gasteiger partial charge in [0.25, 0.3) is 0 Å². The van der Waals surface area contributed by atoms with E-state index in [4.69, 9.17) is 5.11 Å². The minimum atomic E-state index is 0.220. The van der Waals surface area contributed by atoms with Gasteiger partial charge >= 0.3 is 0 Å². The third-order valence-electron chi connectivity index (χ3n) is 2.38. The van der Waals surface area contributed by atoms with E-state index in [0.717, 1.165) is 12.8 Å². The normalized spacial score (nSPS) is 29.0. The number of hydrogen-bond acceptors (Lipinski definition) is 2. The Balaban J connectivity index is 2.36. The largest absolute Gasteiger partial charge is 0.396 e. The Morgan fingerprint density at radius 3 is 2.90 bits per heavy atom. The summed E-state index contributed by atoms with van der Waals surface area (Å²) in [4.78, 5) is 10.8. The van der Waals surface area contributed by atoms with Crippen LogP contribution in [0, 0.1) is 11.8 Å². The first kappa shape index (κ1) is 7.73. The molecule has 0 saturated heterocycles. The van der Waals surface area contributed by atoms with Gasteiger partial charge in [-0.25, -0.2) is 0 Å². The molecule has 1 aliphatic rings. The summed E-state index contributed by atoms with van der Waals surface area (Å²) in [6.07, 6.45) is 2.41. The molecule has 2 heteroatoms. The second-order valence-electron chi connectivity index (χ2n) is 3.20. The summed E-state index contributed by atoms with van der Waals surface area (Å²) in [5.74, 6) is 1.13. The summed E-state index contributed by atoms with van der Waals surface area (Å²) >= 11 is 0. The van der Waals surface area contributed by atoms with E-state index < -0.39 is 0 Å². The Morgan fingerprint density at radius 2 is 2.50 bits per heavy atom. The smallest absolute Gasteiger partial charge is 0.133 e. The van der Waals surface area contributed by atoms with Crippen LogP contribution in [0.2, 0.25) is 0 Å². The Morgan fingerprint density at radius 1 is 1.80 bits per heavy atom. The summed E-state index contributed by atoms with van der Waals surface area (Å²) < 4.78 is 0. The van der Waals surface area contributed by atoms with Gasteiger partial charge in [0.2, 0.25) is 0 Å². The molecule has 0 spiro atoms. The van der Waals surface area contributed by atoms with Crippen LogP contribution < -0.4 is 0 Å². The van der Waals surface area contributed by atoms with Crippen molar-refractivity contribution in [1.29, 1.82) is 0 Å². The van der Waals surface area contributed by atoms with E-state index in [2.05, 4.69) is 0 Å². The van der Waals surface area contributed by atoms with E-state index in [1.54, 1.807) is 0 Å². The molecule has 1 aliphatic carbocycles. The minimum Gasteiger partial charge on any atom is -0.396 e. The third kappa shape index (κ3) is 1.57. The monoisotopic (exact) mass is 142 g/mol. The molecule has 1 rings (SSSR count). The average Bonchev–Trinajstić information content (AvgIpc) is 2.34. The van der Waals surface area contributed by atoms with Crippen molar-refractivity contribution in [1.82, 2.24) is 0 Å². The van der Waals surface area contributed by atoms with Crippen molar-refractivity contribution in [2.45, 2.75) is 26.2 Å². The van der Waals surface area contributed by atoms with Gasteiger partial charge < -0.3 is 5.11 Å². The molecule has 0 aromatic rings. The van der Waals surface area contributed by atoms with Crippen LogP contribution in [-0.4, -0.2) is 17.5 Å². The lowest BCUT2D eigenvalue weighted by molar-refractivity contribution is -0.117. The molecule has 1 fully saturated rings. The van der Waals surface area contributed by atoms with Crippen LogP contribution in [0.3, 0.4) is 0 Å². The van der Waals surface area contributed by atoms with Crippen molar-refractivity contribution in [2.24, 2.45) is 11.8 Å². The van der Waals surface area contributed by atoms with Gasteiger partial charge in [0, 0.05) is 19.4 Å². The van der Waals surface area contributed by atoms with Crippen LogP contribution in [0.15, 0.2) is 0 Å². The highest BCUT2D eigenvalue weighted by atomic mass is 16.3. The maximum atomic E-state index is 10.8. The fraction of sp³-hybridized carbons (Fsp3) is 0.875. The number of carbonyl (C=O) groups excluding carboxylic acids is 1. The first-order valence-corrected chi connectivity index (χ1v) is 3.86. The average molecular weight is 142 g/mol. The number of aliphatic hydroxyl groups excluding tert-OH is 1. The van der Waals surface area contributed by atoms with Gasteiger partial charge in [0.05, 0.1) is 0 Å². The molecule has 2 nitrogen and oxygen atoms in total. The number of rotatable bonds is 2. The van der Waals surface area contributed by atoms with Gasteiger partial charge in [0.1, 0.15) is 5.78 Å². The van der Waals surface area contributed by atoms with Crippen LogP contribution in [0.1, 0.15) is 26.2 Å². The van der Waals surface area contributed by atoms with E-state index in [9.17, 15) is 4.79 Å². The van der Waals surface area contributed by atoms with Crippen molar-refractivity contribution in [3.05, 3.63) is 0 Å². The molecule has 0 bridgehead atoms. The van der Waals surface area contributed by atoms with Crippen molar-refractivity contribution >= 4 is 5.78 Å². The van der Waals surface area contributed by atoms with Gasteiger partial charge in [-0.2, -0.15) is 0 Å². The van der Waals surface area contributed by atoms with Gasteiger partial charge in [0.15, 0.2) is 0 Å². The zero-order valence-corrected chi connectivity index (χ0v) is 6.34. The number of hydrogen-bond donors (Lipinski definition) is 1. The summed E-state index contributed by atoms with van der Waals surface area (Å²) in [6, 6.07) is 0. The van der Waals surface area contributed by atoms with Gasteiger partial charge in [-0.1, -0.05) is 6.92 Å². The Bertz CT molecular complexity index is 131. The maximum Gasteiger partial charge on any atom is 0.133 e. The molecule has 0 radical (unpaired) electrons. The van der Waals surface area contributed by atoms with Gasteiger partial charge in [-0.05, 0) is 18.3 Å². The van der Waals surface area contributed by atoms with E-state index in [1.807, 2.05) is 6.92 Å². The quantitative estimate of drug-likeness (QED) is 0.624. The molecule has 10 heavy (non-hydrogen) atoms. The Hall–Kier alpha value is -0.370. The molecule has 0 heterocycles. The molecule has 1 N–H and O–H groups in total. The molecular weight excluding hydrogens is 128 g/mol. The van der Waals surface area contributed by atoms with Gasteiger partial charge in [-0.15, -0.1) is 0 Å². The summed E-state index contributed by atoms with van der Waals surface area (Å²) in [7, 11) is 0. The number of carbonyl (C=O) groups is 1. The van der Waals surface area contributed by atoms with Crippen LogP contribution in [-0.2, 0) is 4.79 Å². The molecule has 0 aliphatic heterocycles. The second-order valence-corrected chi connectivity index (χ2v) is 3.20. The Kier molecular flexibility index (Phi) is 2.44. The van der Waals surface area contributed by atoms with E-state index in [1.165, 1.54) is 0 Å². The van der Waals surface area contributed by atoms with Crippen molar-refractivity contribution in [2.75, 3.05) is 6.61 Å². The predicted octanol–water partition coefficient (Wildman–Crippen LogP) is 0.984. The number of Topliss-reactive ketones (excluding diaryl/α,β-unsaturated/α-hetero) is 1. The Labute approximate surface area is 61.2 Å². The SMILES string of the molecule is C[C@@H](CO)[C@@H]1CCC(=O)C1. The molecule has 1 saturated carbocycles. The molecule has 0 aromatic carbocycles. The molecular formula is C8H14O2. The van der Waals surface area contributed by atoms with Crippen LogP contribution >= 0.6 is 0 Å². The number of ketones is 1.